The molecule has 0 aromatic heterocycles. The van der Waals surface area contributed by atoms with Crippen LogP contribution in [0, 0.1) is 0 Å². The van der Waals surface area contributed by atoms with E-state index in [2.05, 4.69) is 4.99 Å². The molecular weight excluding hydrogens is 448 g/mol. The molecule has 0 bridgehead atoms. The topological polar surface area (TPSA) is 60.4 Å². The second kappa shape index (κ2) is 9.71. The molecule has 8 heteroatoms. The first-order chi connectivity index (χ1) is 15.5. The lowest BCUT2D eigenvalue weighted by molar-refractivity contribution is -0.139. The molecule has 2 aliphatic rings. The van der Waals surface area contributed by atoms with Crippen LogP contribution in [-0.2, 0) is 16.1 Å². The number of carbonyl (C=O) groups is 1. The molecule has 0 aliphatic carbocycles. The first-order valence-electron chi connectivity index (χ1n) is 10.1. The highest BCUT2D eigenvalue weighted by Gasteiger charge is 2.37. The minimum Gasteiger partial charge on any atom is -0.493 e. The van der Waals surface area contributed by atoms with E-state index in [0.29, 0.717) is 41.0 Å². The van der Waals surface area contributed by atoms with Gasteiger partial charge in [0.25, 0.3) is 0 Å². The van der Waals surface area contributed by atoms with Crippen molar-refractivity contribution in [3.8, 4) is 11.5 Å². The van der Waals surface area contributed by atoms with Crippen LogP contribution in [0.4, 0.5) is 0 Å². The monoisotopic (exact) mass is 470 g/mol. The number of nitrogens with zero attached hydrogens (tertiary/aromatic N) is 2. The standard InChI is InChI=1S/C24H23ClN2O4S/c1-4-30-23(28)21-15(2)26-24-27(11-12-32-24)22(21)17-7-10-19(20(13-17)29-3)31-14-16-5-8-18(25)9-6-16/h5-13,22H,4,14H2,1-3H3/t22-/m0/s1. The zero-order valence-electron chi connectivity index (χ0n) is 18.0. The lowest BCUT2D eigenvalue weighted by atomic mass is 9.94. The lowest BCUT2D eigenvalue weighted by Gasteiger charge is -2.33. The number of thioether (sulfide) groups is 1. The summed E-state index contributed by atoms with van der Waals surface area (Å²) in [6.45, 7) is 4.31. The summed E-state index contributed by atoms with van der Waals surface area (Å²) in [7, 11) is 1.60. The third-order valence-electron chi connectivity index (χ3n) is 5.13. The average Bonchev–Trinajstić information content (AvgIpc) is 3.25. The number of hydrogen-bond donors (Lipinski definition) is 0. The van der Waals surface area contributed by atoms with E-state index in [1.165, 1.54) is 11.8 Å². The maximum atomic E-state index is 12.8. The van der Waals surface area contributed by atoms with Crippen LogP contribution in [0.5, 0.6) is 11.5 Å². The van der Waals surface area contributed by atoms with Gasteiger partial charge in [0.05, 0.1) is 31.0 Å². The van der Waals surface area contributed by atoms with E-state index in [9.17, 15) is 4.79 Å². The molecule has 0 radical (unpaired) electrons. The molecule has 0 unspecified atom stereocenters. The molecule has 2 heterocycles. The Kier molecular flexibility index (Phi) is 6.77. The van der Waals surface area contributed by atoms with E-state index in [4.69, 9.17) is 25.8 Å². The van der Waals surface area contributed by atoms with Gasteiger partial charge >= 0.3 is 5.97 Å². The number of rotatable bonds is 7. The molecule has 6 nitrogen and oxygen atoms in total. The summed E-state index contributed by atoms with van der Waals surface area (Å²) < 4.78 is 16.9. The molecule has 2 aromatic carbocycles. The fourth-order valence-electron chi connectivity index (χ4n) is 3.61. The van der Waals surface area contributed by atoms with Crippen molar-refractivity contribution in [1.82, 2.24) is 4.90 Å². The first-order valence-corrected chi connectivity index (χ1v) is 11.4. The summed E-state index contributed by atoms with van der Waals surface area (Å²) >= 11 is 7.47. The Morgan fingerprint density at radius 1 is 1.19 bits per heavy atom. The van der Waals surface area contributed by atoms with Crippen LogP contribution in [0.3, 0.4) is 0 Å². The Morgan fingerprint density at radius 2 is 1.97 bits per heavy atom. The van der Waals surface area contributed by atoms with Crippen molar-refractivity contribution in [1.29, 1.82) is 0 Å². The molecule has 2 aromatic rings. The minimum absolute atomic E-state index is 0.296. The van der Waals surface area contributed by atoms with Gasteiger partial charge in [0.1, 0.15) is 6.61 Å². The Hall–Kier alpha value is -2.90. The number of allylic oxidation sites excluding steroid dienone is 1. The molecule has 0 spiro atoms. The van der Waals surface area contributed by atoms with Gasteiger partial charge in [-0.15, -0.1) is 0 Å². The summed E-state index contributed by atoms with van der Waals surface area (Å²) in [6.07, 6.45) is 1.93. The smallest absolute Gasteiger partial charge is 0.338 e. The van der Waals surface area contributed by atoms with Gasteiger partial charge in [-0.05, 0) is 54.6 Å². The molecule has 0 amide bonds. The normalized spacial score (nSPS) is 17.2. The molecule has 0 saturated carbocycles. The zero-order chi connectivity index (χ0) is 22.7. The van der Waals surface area contributed by atoms with Crippen LogP contribution in [0.25, 0.3) is 0 Å². The quantitative estimate of drug-likeness (QED) is 0.484. The van der Waals surface area contributed by atoms with Gasteiger partial charge < -0.3 is 19.1 Å². The van der Waals surface area contributed by atoms with Crippen LogP contribution in [0.1, 0.15) is 31.0 Å². The number of aliphatic imine (C=N–C) groups is 1. The van der Waals surface area contributed by atoms with Gasteiger partial charge in [-0.3, -0.25) is 0 Å². The van der Waals surface area contributed by atoms with Crippen molar-refractivity contribution in [2.75, 3.05) is 13.7 Å². The number of fused-ring (bicyclic) bond motifs is 1. The summed E-state index contributed by atoms with van der Waals surface area (Å²) in [5, 5.41) is 3.46. The fourth-order valence-corrected chi connectivity index (χ4v) is 4.53. The van der Waals surface area contributed by atoms with E-state index >= 15 is 0 Å². The van der Waals surface area contributed by atoms with Crippen LogP contribution in [0.15, 0.2) is 70.3 Å². The molecular formula is C24H23ClN2O4S. The van der Waals surface area contributed by atoms with E-state index in [0.717, 1.165) is 16.3 Å². The molecule has 166 valence electrons. The number of carbonyl (C=O) groups excluding carboxylic acids is 1. The lowest BCUT2D eigenvalue weighted by Crippen LogP contribution is -2.34. The van der Waals surface area contributed by atoms with Crippen LogP contribution in [0.2, 0.25) is 5.02 Å². The number of esters is 1. The number of methoxy groups -OCH3 is 1. The Balaban J connectivity index is 1.65. The maximum Gasteiger partial charge on any atom is 0.338 e. The van der Waals surface area contributed by atoms with Crippen molar-refractivity contribution in [2.24, 2.45) is 4.99 Å². The van der Waals surface area contributed by atoms with Gasteiger partial charge in [0.2, 0.25) is 0 Å². The van der Waals surface area contributed by atoms with E-state index in [1.807, 2.05) is 65.9 Å². The molecule has 1 atom stereocenters. The second-order valence-electron chi connectivity index (χ2n) is 7.15. The molecule has 2 aliphatic heterocycles. The predicted molar refractivity (Wildman–Crippen MR) is 127 cm³/mol. The van der Waals surface area contributed by atoms with Gasteiger partial charge in [-0.25, -0.2) is 9.79 Å². The summed E-state index contributed by atoms with van der Waals surface area (Å²) in [5.74, 6) is 0.822. The Morgan fingerprint density at radius 3 is 2.69 bits per heavy atom. The zero-order valence-corrected chi connectivity index (χ0v) is 19.6. The predicted octanol–water partition coefficient (Wildman–Crippen LogP) is 5.70. The first kappa shape index (κ1) is 22.3. The largest absolute Gasteiger partial charge is 0.493 e. The molecule has 0 saturated heterocycles. The third-order valence-corrected chi connectivity index (χ3v) is 6.15. The third kappa shape index (κ3) is 4.49. The van der Waals surface area contributed by atoms with Gasteiger partial charge in [-0.1, -0.05) is 41.6 Å². The number of hydrogen-bond acceptors (Lipinski definition) is 7. The second-order valence-corrected chi connectivity index (χ2v) is 8.46. The van der Waals surface area contributed by atoms with Crippen molar-refractivity contribution >= 4 is 34.5 Å². The van der Waals surface area contributed by atoms with E-state index < -0.39 is 0 Å². The summed E-state index contributed by atoms with van der Waals surface area (Å²) in [4.78, 5) is 19.4. The number of benzene rings is 2. The molecule has 32 heavy (non-hydrogen) atoms. The highest BCUT2D eigenvalue weighted by Crippen LogP contribution is 2.43. The van der Waals surface area contributed by atoms with Gasteiger partial charge in [0.15, 0.2) is 16.7 Å². The fraction of sp³-hybridized carbons (Fsp3) is 0.250. The van der Waals surface area contributed by atoms with Gasteiger partial charge in [0, 0.05) is 11.2 Å². The van der Waals surface area contributed by atoms with Crippen LogP contribution < -0.4 is 9.47 Å². The minimum atomic E-state index is -0.370. The van der Waals surface area contributed by atoms with E-state index in [-0.39, 0.29) is 12.0 Å². The van der Waals surface area contributed by atoms with E-state index in [1.54, 1.807) is 14.0 Å². The average molecular weight is 471 g/mol. The van der Waals surface area contributed by atoms with Crippen molar-refractivity contribution in [2.45, 2.75) is 26.5 Å². The number of halogens is 1. The van der Waals surface area contributed by atoms with Crippen molar-refractivity contribution < 1.29 is 19.0 Å². The highest BCUT2D eigenvalue weighted by atomic mass is 35.5. The van der Waals surface area contributed by atoms with Gasteiger partial charge in [-0.2, -0.15) is 0 Å². The molecule has 0 fully saturated rings. The van der Waals surface area contributed by atoms with Crippen LogP contribution in [-0.4, -0.2) is 29.8 Å². The molecule has 4 rings (SSSR count). The summed E-state index contributed by atoms with van der Waals surface area (Å²) in [6, 6.07) is 12.8. The number of amidine groups is 1. The van der Waals surface area contributed by atoms with Crippen molar-refractivity contribution in [3.05, 3.63) is 81.5 Å². The SMILES string of the molecule is CCOC(=O)C1=C(C)N=C2SC=CN2[C@H]1c1ccc(OCc2ccc(Cl)cc2)c(OC)c1. The Bertz CT molecular complexity index is 1110. The Labute approximate surface area is 196 Å². The number of ether oxygens (including phenoxy) is 3. The highest BCUT2D eigenvalue weighted by molar-refractivity contribution is 8.16. The van der Waals surface area contributed by atoms with Crippen molar-refractivity contribution in [3.63, 3.8) is 0 Å². The maximum absolute atomic E-state index is 12.8. The summed E-state index contributed by atoms with van der Waals surface area (Å²) in [5.41, 5.74) is 3.04. The van der Waals surface area contributed by atoms with Crippen LogP contribution >= 0.6 is 23.4 Å². The molecule has 0 N–H and O–H groups in total.